The zero-order valence-corrected chi connectivity index (χ0v) is 11.9. The summed E-state index contributed by atoms with van der Waals surface area (Å²) in [7, 11) is 0. The summed E-state index contributed by atoms with van der Waals surface area (Å²) in [5, 5.41) is 11.8. The van der Waals surface area contributed by atoms with Crippen LogP contribution < -0.4 is 5.32 Å². The summed E-state index contributed by atoms with van der Waals surface area (Å²) in [6, 6.07) is 6.49. The predicted octanol–water partition coefficient (Wildman–Crippen LogP) is 3.01. The summed E-state index contributed by atoms with van der Waals surface area (Å²) in [6.07, 6.45) is -0.293. The lowest BCUT2D eigenvalue weighted by atomic mass is 10.1. The van der Waals surface area contributed by atoms with Crippen molar-refractivity contribution in [3.63, 3.8) is 0 Å². The molecule has 4 nitrogen and oxygen atoms in total. The second-order valence-electron chi connectivity index (χ2n) is 5.37. The summed E-state index contributed by atoms with van der Waals surface area (Å²) in [6.45, 7) is 3.64. The molecule has 1 N–H and O–H groups in total. The minimum atomic E-state index is -2.41. The lowest BCUT2D eigenvalue weighted by Crippen LogP contribution is -2.21. The van der Waals surface area contributed by atoms with Crippen molar-refractivity contribution in [3.8, 4) is 0 Å². The first kappa shape index (κ1) is 14.1. The molecule has 1 aromatic carbocycles. The second-order valence-corrected chi connectivity index (χ2v) is 5.37. The fourth-order valence-electron chi connectivity index (χ4n) is 2.64. The van der Waals surface area contributed by atoms with Gasteiger partial charge in [-0.15, -0.1) is 10.2 Å². The van der Waals surface area contributed by atoms with E-state index in [4.69, 9.17) is 0 Å². The third kappa shape index (κ3) is 2.95. The summed E-state index contributed by atoms with van der Waals surface area (Å²) >= 11 is 0. The van der Waals surface area contributed by atoms with Crippen LogP contribution in [0.1, 0.15) is 48.6 Å². The normalized spacial score (nSPS) is 15.4. The summed E-state index contributed by atoms with van der Waals surface area (Å²) in [4.78, 5) is 0. The Bertz CT molecular complexity index is 607. The topological polar surface area (TPSA) is 42.7 Å². The number of aromatic nitrogens is 3. The number of aryl methyl sites for hydroxylation is 1. The molecular weight excluding hydrogens is 274 g/mol. The van der Waals surface area contributed by atoms with E-state index >= 15 is 0 Å². The Labute approximate surface area is 122 Å². The van der Waals surface area contributed by atoms with Gasteiger partial charge < -0.3 is 9.88 Å². The first-order chi connectivity index (χ1) is 10.1. The predicted molar refractivity (Wildman–Crippen MR) is 75.0 cm³/mol. The zero-order valence-electron chi connectivity index (χ0n) is 11.9. The van der Waals surface area contributed by atoms with Crippen LogP contribution in [0.3, 0.4) is 0 Å². The van der Waals surface area contributed by atoms with E-state index in [9.17, 15) is 8.78 Å². The Morgan fingerprint density at radius 2 is 2.00 bits per heavy atom. The first-order valence-electron chi connectivity index (χ1n) is 7.17. The molecule has 1 unspecified atom stereocenters. The van der Waals surface area contributed by atoms with Crippen molar-refractivity contribution in [2.45, 2.75) is 45.3 Å². The molecule has 1 aliphatic heterocycles. The molecule has 112 valence electrons. The fourth-order valence-corrected chi connectivity index (χ4v) is 2.64. The van der Waals surface area contributed by atoms with Gasteiger partial charge in [-0.2, -0.15) is 0 Å². The molecule has 1 aromatic heterocycles. The average molecular weight is 292 g/mol. The molecule has 0 radical (unpaired) electrons. The van der Waals surface area contributed by atoms with Gasteiger partial charge >= 0.3 is 0 Å². The van der Waals surface area contributed by atoms with E-state index in [0.29, 0.717) is 6.54 Å². The highest BCUT2D eigenvalue weighted by Gasteiger charge is 2.20. The van der Waals surface area contributed by atoms with Crippen LogP contribution in [0.25, 0.3) is 0 Å². The highest BCUT2D eigenvalue weighted by molar-refractivity contribution is 5.23. The number of benzene rings is 1. The Kier molecular flexibility index (Phi) is 3.96. The van der Waals surface area contributed by atoms with Gasteiger partial charge in [0.15, 0.2) is 0 Å². The van der Waals surface area contributed by atoms with Crippen molar-refractivity contribution in [2.24, 2.45) is 0 Å². The van der Waals surface area contributed by atoms with Gasteiger partial charge in [-0.05, 0) is 18.9 Å². The van der Waals surface area contributed by atoms with Crippen LogP contribution >= 0.6 is 0 Å². The van der Waals surface area contributed by atoms with Crippen molar-refractivity contribution in [1.29, 1.82) is 0 Å². The van der Waals surface area contributed by atoms with Crippen LogP contribution in [0, 0.1) is 0 Å². The molecule has 0 bridgehead atoms. The van der Waals surface area contributed by atoms with Crippen LogP contribution in [0.15, 0.2) is 24.3 Å². The molecule has 2 heterocycles. The first-order valence-corrected chi connectivity index (χ1v) is 7.17. The summed E-state index contributed by atoms with van der Waals surface area (Å²) < 4.78 is 27.1. The Morgan fingerprint density at radius 3 is 2.71 bits per heavy atom. The van der Waals surface area contributed by atoms with E-state index in [0.717, 1.165) is 36.6 Å². The number of hydrogen-bond acceptors (Lipinski definition) is 3. The van der Waals surface area contributed by atoms with Gasteiger partial charge in [0, 0.05) is 25.1 Å². The second kappa shape index (κ2) is 5.89. The van der Waals surface area contributed by atoms with Crippen LogP contribution in [0.4, 0.5) is 8.78 Å². The van der Waals surface area contributed by atoms with E-state index in [1.807, 2.05) is 6.92 Å². The standard InChI is InChI=1S/C15H18F2N4/c1-10(15-20-19-13-3-2-8-21(13)15)18-9-11-4-6-12(7-5-11)14(16)17/h4-7,10,14,18H,2-3,8-9H2,1H3. The smallest absolute Gasteiger partial charge is 0.263 e. The third-order valence-electron chi connectivity index (χ3n) is 3.87. The molecule has 2 aromatic rings. The molecular formula is C15H18F2N4. The molecule has 0 amide bonds. The number of alkyl halides is 2. The number of nitrogens with one attached hydrogen (secondary N) is 1. The molecule has 0 saturated carbocycles. The Morgan fingerprint density at radius 1 is 1.24 bits per heavy atom. The van der Waals surface area contributed by atoms with E-state index in [1.54, 1.807) is 12.1 Å². The lowest BCUT2D eigenvalue weighted by Gasteiger charge is -2.14. The number of nitrogens with zero attached hydrogens (tertiary/aromatic N) is 3. The quantitative estimate of drug-likeness (QED) is 0.921. The molecule has 0 aliphatic carbocycles. The average Bonchev–Trinajstić information content (AvgIpc) is 3.08. The largest absolute Gasteiger partial charge is 0.314 e. The maximum Gasteiger partial charge on any atom is 0.263 e. The van der Waals surface area contributed by atoms with Gasteiger partial charge in [0.1, 0.15) is 11.6 Å². The molecule has 1 aliphatic rings. The number of fused-ring (bicyclic) bond motifs is 1. The number of rotatable bonds is 5. The van der Waals surface area contributed by atoms with Crippen molar-refractivity contribution in [2.75, 3.05) is 0 Å². The van der Waals surface area contributed by atoms with Gasteiger partial charge in [-0.25, -0.2) is 8.78 Å². The molecule has 6 heteroatoms. The Hall–Kier alpha value is -1.82. The summed E-state index contributed by atoms with van der Waals surface area (Å²) in [5.41, 5.74) is 1.04. The maximum atomic E-state index is 12.5. The Balaban J connectivity index is 1.61. The minimum Gasteiger partial charge on any atom is -0.314 e. The molecule has 0 saturated heterocycles. The SMILES string of the molecule is CC(NCc1ccc(C(F)F)cc1)c1nnc2n1CCC2. The van der Waals surface area contributed by atoms with Crippen LogP contribution in [0.2, 0.25) is 0 Å². The number of halogens is 2. The monoisotopic (exact) mass is 292 g/mol. The van der Waals surface area contributed by atoms with E-state index in [1.165, 1.54) is 12.1 Å². The highest BCUT2D eigenvalue weighted by Crippen LogP contribution is 2.20. The zero-order chi connectivity index (χ0) is 14.8. The summed E-state index contributed by atoms with van der Waals surface area (Å²) in [5.74, 6) is 2.01. The van der Waals surface area contributed by atoms with Crippen molar-refractivity contribution < 1.29 is 8.78 Å². The lowest BCUT2D eigenvalue weighted by molar-refractivity contribution is 0.151. The van der Waals surface area contributed by atoms with Gasteiger partial charge in [-0.3, -0.25) is 0 Å². The van der Waals surface area contributed by atoms with Crippen molar-refractivity contribution >= 4 is 0 Å². The highest BCUT2D eigenvalue weighted by atomic mass is 19.3. The van der Waals surface area contributed by atoms with E-state index in [2.05, 4.69) is 20.1 Å². The molecule has 3 rings (SSSR count). The van der Waals surface area contributed by atoms with Crippen molar-refractivity contribution in [1.82, 2.24) is 20.1 Å². The number of hydrogen-bond donors (Lipinski definition) is 1. The molecule has 0 fully saturated rings. The van der Waals surface area contributed by atoms with E-state index in [-0.39, 0.29) is 11.6 Å². The molecule has 1 atom stereocenters. The van der Waals surface area contributed by atoms with Crippen LogP contribution in [-0.2, 0) is 19.5 Å². The minimum absolute atomic E-state index is 0.0575. The van der Waals surface area contributed by atoms with E-state index < -0.39 is 6.43 Å². The third-order valence-corrected chi connectivity index (χ3v) is 3.87. The maximum absolute atomic E-state index is 12.5. The van der Waals surface area contributed by atoms with Gasteiger partial charge in [0.05, 0.1) is 6.04 Å². The van der Waals surface area contributed by atoms with Gasteiger partial charge in [0.2, 0.25) is 0 Å². The molecule has 21 heavy (non-hydrogen) atoms. The van der Waals surface area contributed by atoms with Crippen LogP contribution in [-0.4, -0.2) is 14.8 Å². The molecule has 0 spiro atoms. The van der Waals surface area contributed by atoms with Gasteiger partial charge in [-0.1, -0.05) is 24.3 Å². The fraction of sp³-hybridized carbons (Fsp3) is 0.467. The van der Waals surface area contributed by atoms with Gasteiger partial charge in [0.25, 0.3) is 6.43 Å². The van der Waals surface area contributed by atoms with Crippen LogP contribution in [0.5, 0.6) is 0 Å². The van der Waals surface area contributed by atoms with Crippen molar-refractivity contribution in [3.05, 3.63) is 47.0 Å².